The van der Waals surface area contributed by atoms with Crippen molar-refractivity contribution in [2.75, 3.05) is 5.32 Å². The average Bonchev–Trinajstić information content (AvgIpc) is 2.47. The number of carbonyl (C=O) groups is 1. The minimum Gasteiger partial charge on any atom is -0.322 e. The van der Waals surface area contributed by atoms with Crippen LogP contribution in [0.15, 0.2) is 48.5 Å². The van der Waals surface area contributed by atoms with E-state index < -0.39 is 22.7 Å². The highest BCUT2D eigenvalue weighted by atomic mass is 35.5. The lowest BCUT2D eigenvalue weighted by atomic mass is 10.2. The molecule has 1 N–H and O–H groups in total. The van der Waals surface area contributed by atoms with Gasteiger partial charge in [0.2, 0.25) is 5.91 Å². The Labute approximate surface area is 140 Å². The first-order valence-electron chi connectivity index (χ1n) is 6.37. The number of amides is 1. The van der Waals surface area contributed by atoms with E-state index in [1.807, 2.05) is 0 Å². The number of hydrogen-bond acceptors (Lipinski definition) is 1. The van der Waals surface area contributed by atoms with Crippen LogP contribution in [0.3, 0.4) is 0 Å². The second-order valence-electron chi connectivity index (χ2n) is 4.57. The van der Waals surface area contributed by atoms with E-state index >= 15 is 0 Å². The Balaban J connectivity index is 2.10. The van der Waals surface area contributed by atoms with Crippen LogP contribution in [0.5, 0.6) is 0 Å². The van der Waals surface area contributed by atoms with Gasteiger partial charge >= 0.3 is 6.18 Å². The van der Waals surface area contributed by atoms with Crippen LogP contribution in [0.4, 0.5) is 18.9 Å². The van der Waals surface area contributed by atoms with Crippen LogP contribution in [0.25, 0.3) is 6.08 Å². The summed E-state index contributed by atoms with van der Waals surface area (Å²) in [4.78, 5) is 11.8. The van der Waals surface area contributed by atoms with E-state index in [1.54, 1.807) is 24.3 Å². The van der Waals surface area contributed by atoms with Gasteiger partial charge in [-0.1, -0.05) is 35.3 Å². The zero-order chi connectivity index (χ0) is 17.0. The average molecular weight is 360 g/mol. The van der Waals surface area contributed by atoms with Gasteiger partial charge in [-0.3, -0.25) is 4.79 Å². The Kier molecular flexibility index (Phi) is 5.34. The summed E-state index contributed by atoms with van der Waals surface area (Å²) >= 11 is 11.3. The number of hydrogen-bond donors (Lipinski definition) is 1. The fraction of sp³-hybridized carbons (Fsp3) is 0.0625. The third-order valence-electron chi connectivity index (χ3n) is 2.84. The fourth-order valence-electron chi connectivity index (χ4n) is 1.75. The minimum absolute atomic E-state index is 0.00693. The minimum atomic E-state index is -4.59. The van der Waals surface area contributed by atoms with Crippen LogP contribution < -0.4 is 5.32 Å². The number of anilines is 1. The normalized spacial score (nSPS) is 11.7. The van der Waals surface area contributed by atoms with Crippen LogP contribution in [0.2, 0.25) is 10.0 Å². The highest BCUT2D eigenvalue weighted by Crippen LogP contribution is 2.36. The SMILES string of the molecule is O=C(C=Cc1ccc(Cl)cc1)Nc1ccc(Cl)c(C(F)(F)F)c1. The molecule has 0 aliphatic carbocycles. The maximum Gasteiger partial charge on any atom is 0.417 e. The van der Waals surface area contributed by atoms with Gasteiger partial charge in [0, 0.05) is 16.8 Å². The fourth-order valence-corrected chi connectivity index (χ4v) is 2.10. The third kappa shape index (κ3) is 5.01. The summed E-state index contributed by atoms with van der Waals surface area (Å²) in [5.41, 5.74) is -0.261. The van der Waals surface area contributed by atoms with Gasteiger partial charge in [0.1, 0.15) is 0 Å². The summed E-state index contributed by atoms with van der Waals surface area (Å²) in [5.74, 6) is -0.560. The topological polar surface area (TPSA) is 29.1 Å². The van der Waals surface area contributed by atoms with E-state index in [9.17, 15) is 18.0 Å². The van der Waals surface area contributed by atoms with E-state index in [2.05, 4.69) is 5.32 Å². The standard InChI is InChI=1S/C16H10Cl2F3NO/c17-11-4-1-10(2-5-11)3-8-15(23)22-12-6-7-14(18)13(9-12)16(19,20)21/h1-9H,(H,22,23). The number of carbonyl (C=O) groups excluding carboxylic acids is 1. The van der Waals surface area contributed by atoms with Gasteiger partial charge in [-0.15, -0.1) is 0 Å². The number of halogens is 5. The molecule has 120 valence electrons. The predicted molar refractivity (Wildman–Crippen MR) is 85.6 cm³/mol. The van der Waals surface area contributed by atoms with Crippen molar-refractivity contribution >= 4 is 40.9 Å². The Hall–Kier alpha value is -1.98. The second-order valence-corrected chi connectivity index (χ2v) is 5.41. The molecule has 7 heteroatoms. The van der Waals surface area contributed by atoms with Crippen molar-refractivity contribution in [2.45, 2.75) is 6.18 Å². The molecule has 0 saturated heterocycles. The lowest BCUT2D eigenvalue weighted by molar-refractivity contribution is -0.137. The van der Waals surface area contributed by atoms with E-state index in [-0.39, 0.29) is 5.69 Å². The summed E-state index contributed by atoms with van der Waals surface area (Å²) < 4.78 is 38.2. The molecule has 0 atom stereocenters. The highest BCUT2D eigenvalue weighted by molar-refractivity contribution is 6.31. The molecule has 0 aliphatic rings. The van der Waals surface area contributed by atoms with Crippen molar-refractivity contribution < 1.29 is 18.0 Å². The van der Waals surface area contributed by atoms with Gasteiger partial charge in [0.25, 0.3) is 0 Å². The molecule has 0 radical (unpaired) electrons. The Morgan fingerprint density at radius 1 is 1.04 bits per heavy atom. The van der Waals surface area contributed by atoms with Gasteiger partial charge in [0.05, 0.1) is 10.6 Å². The van der Waals surface area contributed by atoms with Gasteiger partial charge in [0.15, 0.2) is 0 Å². The number of nitrogens with one attached hydrogen (secondary N) is 1. The Morgan fingerprint density at radius 2 is 1.70 bits per heavy atom. The lowest BCUT2D eigenvalue weighted by Gasteiger charge is -2.11. The molecule has 23 heavy (non-hydrogen) atoms. The zero-order valence-electron chi connectivity index (χ0n) is 11.5. The largest absolute Gasteiger partial charge is 0.417 e. The van der Waals surface area contributed by atoms with Crippen molar-refractivity contribution in [3.8, 4) is 0 Å². The first-order chi connectivity index (χ1) is 10.8. The van der Waals surface area contributed by atoms with Crippen molar-refractivity contribution in [2.24, 2.45) is 0 Å². The number of rotatable bonds is 3. The molecule has 0 fully saturated rings. The van der Waals surface area contributed by atoms with Gasteiger partial charge in [-0.25, -0.2) is 0 Å². The third-order valence-corrected chi connectivity index (χ3v) is 3.42. The maximum absolute atomic E-state index is 12.7. The first kappa shape index (κ1) is 17.4. The molecular weight excluding hydrogens is 350 g/mol. The first-order valence-corrected chi connectivity index (χ1v) is 7.13. The van der Waals surface area contributed by atoms with Crippen molar-refractivity contribution in [3.05, 3.63) is 69.7 Å². The molecule has 2 rings (SSSR count). The van der Waals surface area contributed by atoms with Crippen molar-refractivity contribution in [3.63, 3.8) is 0 Å². The van der Waals surface area contributed by atoms with Crippen molar-refractivity contribution in [1.82, 2.24) is 0 Å². The maximum atomic E-state index is 12.7. The molecule has 0 spiro atoms. The number of benzene rings is 2. The molecule has 2 aromatic carbocycles. The predicted octanol–water partition coefficient (Wildman–Crippen LogP) is 5.66. The molecule has 2 aromatic rings. The van der Waals surface area contributed by atoms with E-state index in [1.165, 1.54) is 18.2 Å². The van der Waals surface area contributed by atoms with Gasteiger partial charge in [-0.05, 0) is 42.0 Å². The molecule has 0 bridgehead atoms. The van der Waals surface area contributed by atoms with Crippen LogP contribution in [-0.4, -0.2) is 5.91 Å². The molecule has 0 heterocycles. The van der Waals surface area contributed by atoms with Crippen LogP contribution in [0.1, 0.15) is 11.1 Å². The van der Waals surface area contributed by atoms with E-state index in [4.69, 9.17) is 23.2 Å². The Bertz CT molecular complexity index is 740. The molecular formula is C16H10Cl2F3NO. The number of alkyl halides is 3. The molecule has 1 amide bonds. The molecule has 2 nitrogen and oxygen atoms in total. The summed E-state index contributed by atoms with van der Waals surface area (Å²) in [6.45, 7) is 0. The zero-order valence-corrected chi connectivity index (χ0v) is 13.0. The lowest BCUT2D eigenvalue weighted by Crippen LogP contribution is -2.11. The molecule has 0 saturated carbocycles. The van der Waals surface area contributed by atoms with Crippen LogP contribution >= 0.6 is 23.2 Å². The molecule has 0 aliphatic heterocycles. The monoisotopic (exact) mass is 359 g/mol. The summed E-state index contributed by atoms with van der Waals surface area (Å²) in [6, 6.07) is 9.90. The summed E-state index contributed by atoms with van der Waals surface area (Å²) in [6.07, 6.45) is -1.85. The smallest absolute Gasteiger partial charge is 0.322 e. The second kappa shape index (κ2) is 7.06. The van der Waals surface area contributed by atoms with Crippen molar-refractivity contribution in [1.29, 1.82) is 0 Å². The molecule has 0 unspecified atom stereocenters. The Morgan fingerprint density at radius 3 is 2.30 bits per heavy atom. The van der Waals surface area contributed by atoms with Crippen LogP contribution in [0, 0.1) is 0 Å². The van der Waals surface area contributed by atoms with E-state index in [0.717, 1.165) is 17.7 Å². The highest BCUT2D eigenvalue weighted by Gasteiger charge is 2.33. The van der Waals surface area contributed by atoms with E-state index in [0.29, 0.717) is 5.02 Å². The van der Waals surface area contributed by atoms with Gasteiger partial charge in [-0.2, -0.15) is 13.2 Å². The quantitative estimate of drug-likeness (QED) is 0.703. The van der Waals surface area contributed by atoms with Crippen LogP contribution in [-0.2, 0) is 11.0 Å². The van der Waals surface area contributed by atoms with Gasteiger partial charge < -0.3 is 5.32 Å². The summed E-state index contributed by atoms with van der Waals surface area (Å²) in [5, 5.41) is 2.49. The molecule has 0 aromatic heterocycles. The summed E-state index contributed by atoms with van der Waals surface area (Å²) in [7, 11) is 0.